The molecule has 0 fully saturated rings. The van der Waals surface area contributed by atoms with Crippen LogP contribution in [-0.2, 0) is 9.53 Å². The number of halogens is 2. The minimum Gasteiger partial charge on any atom is -0.452 e. The normalized spacial score (nSPS) is 10.0. The van der Waals surface area contributed by atoms with Crippen LogP contribution < -0.4 is 16.4 Å². The summed E-state index contributed by atoms with van der Waals surface area (Å²) in [5.41, 5.74) is 5.08. The Morgan fingerprint density at radius 2 is 1.80 bits per heavy atom. The minimum atomic E-state index is -0.993. The standard InChI is InChI=1S/C16H13F2N3O4/c17-9-5-6-10(12(19)7-9)15(23)25-8-14(22)21-16(24)20-13-4-2-1-3-11(13)18/h1-7H,8,19H2,(H2,20,21,22,24). The monoisotopic (exact) mass is 349 g/mol. The highest BCUT2D eigenvalue weighted by molar-refractivity contribution is 6.02. The zero-order valence-corrected chi connectivity index (χ0v) is 12.7. The molecule has 0 heterocycles. The van der Waals surface area contributed by atoms with Crippen LogP contribution in [0.4, 0.5) is 25.0 Å². The van der Waals surface area contributed by atoms with Gasteiger partial charge < -0.3 is 15.8 Å². The van der Waals surface area contributed by atoms with Gasteiger partial charge in [0, 0.05) is 5.69 Å². The van der Waals surface area contributed by atoms with Gasteiger partial charge in [0.2, 0.25) is 0 Å². The average Bonchev–Trinajstić information content (AvgIpc) is 2.54. The molecule has 0 aliphatic carbocycles. The fourth-order valence-corrected chi connectivity index (χ4v) is 1.81. The number of carbonyl (C=O) groups excluding carboxylic acids is 3. The van der Waals surface area contributed by atoms with E-state index in [1.807, 2.05) is 5.32 Å². The predicted octanol–water partition coefficient (Wildman–Crippen LogP) is 2.05. The van der Waals surface area contributed by atoms with Crippen molar-refractivity contribution < 1.29 is 27.9 Å². The van der Waals surface area contributed by atoms with E-state index in [2.05, 4.69) is 10.1 Å². The summed E-state index contributed by atoms with van der Waals surface area (Å²) in [7, 11) is 0. The molecule has 0 spiro atoms. The van der Waals surface area contributed by atoms with Gasteiger partial charge in [-0.3, -0.25) is 10.1 Å². The lowest BCUT2D eigenvalue weighted by Crippen LogP contribution is -2.37. The molecular weight excluding hydrogens is 336 g/mol. The van der Waals surface area contributed by atoms with Crippen LogP contribution in [0.1, 0.15) is 10.4 Å². The summed E-state index contributed by atoms with van der Waals surface area (Å²) in [6.07, 6.45) is 0. The third-order valence-electron chi connectivity index (χ3n) is 2.94. The molecular formula is C16H13F2N3O4. The molecule has 25 heavy (non-hydrogen) atoms. The number of esters is 1. The molecule has 0 saturated carbocycles. The van der Waals surface area contributed by atoms with Crippen molar-refractivity contribution in [2.75, 3.05) is 17.7 Å². The second-order valence-electron chi connectivity index (χ2n) is 4.79. The van der Waals surface area contributed by atoms with E-state index in [-0.39, 0.29) is 16.9 Å². The second-order valence-corrected chi connectivity index (χ2v) is 4.79. The van der Waals surface area contributed by atoms with E-state index in [9.17, 15) is 23.2 Å². The van der Waals surface area contributed by atoms with E-state index in [4.69, 9.17) is 5.73 Å². The summed E-state index contributed by atoms with van der Waals surface area (Å²) < 4.78 is 30.9. The van der Waals surface area contributed by atoms with Crippen LogP contribution in [0, 0.1) is 11.6 Å². The fraction of sp³-hybridized carbons (Fsp3) is 0.0625. The zero-order valence-electron chi connectivity index (χ0n) is 12.7. The van der Waals surface area contributed by atoms with Gasteiger partial charge in [-0.2, -0.15) is 0 Å². The van der Waals surface area contributed by atoms with Crippen LogP contribution in [0.15, 0.2) is 42.5 Å². The number of imide groups is 1. The summed E-state index contributed by atoms with van der Waals surface area (Å²) in [5, 5.41) is 3.99. The molecule has 130 valence electrons. The molecule has 0 aliphatic heterocycles. The molecule has 0 unspecified atom stereocenters. The Balaban J connectivity index is 1.85. The number of nitrogen functional groups attached to an aromatic ring is 1. The molecule has 2 aromatic carbocycles. The fourth-order valence-electron chi connectivity index (χ4n) is 1.81. The number of nitrogens with one attached hydrogen (secondary N) is 2. The first-order valence-corrected chi connectivity index (χ1v) is 6.94. The van der Waals surface area contributed by atoms with Gasteiger partial charge >= 0.3 is 12.0 Å². The van der Waals surface area contributed by atoms with Crippen LogP contribution in [0.25, 0.3) is 0 Å². The van der Waals surface area contributed by atoms with Gasteiger partial charge in [-0.15, -0.1) is 0 Å². The Hall–Kier alpha value is -3.49. The van der Waals surface area contributed by atoms with E-state index in [0.29, 0.717) is 0 Å². The number of benzene rings is 2. The number of hydrogen-bond donors (Lipinski definition) is 3. The van der Waals surface area contributed by atoms with Gasteiger partial charge in [0.1, 0.15) is 11.6 Å². The summed E-state index contributed by atoms with van der Waals surface area (Å²) in [4.78, 5) is 34.9. The Bertz CT molecular complexity index is 827. The van der Waals surface area contributed by atoms with E-state index in [1.54, 1.807) is 0 Å². The van der Waals surface area contributed by atoms with Gasteiger partial charge in [0.25, 0.3) is 5.91 Å². The van der Waals surface area contributed by atoms with Gasteiger partial charge in [-0.1, -0.05) is 12.1 Å². The van der Waals surface area contributed by atoms with Crippen molar-refractivity contribution in [1.29, 1.82) is 0 Å². The van der Waals surface area contributed by atoms with Crippen molar-refractivity contribution >= 4 is 29.3 Å². The molecule has 0 atom stereocenters. The minimum absolute atomic E-state index is 0.120. The van der Waals surface area contributed by atoms with Gasteiger partial charge in [0.15, 0.2) is 6.61 Å². The molecule has 2 aromatic rings. The maximum Gasteiger partial charge on any atom is 0.340 e. The van der Waals surface area contributed by atoms with Crippen LogP contribution in [-0.4, -0.2) is 24.5 Å². The van der Waals surface area contributed by atoms with Crippen molar-refractivity contribution in [3.8, 4) is 0 Å². The first kappa shape index (κ1) is 17.9. The van der Waals surface area contributed by atoms with Crippen molar-refractivity contribution in [3.63, 3.8) is 0 Å². The van der Waals surface area contributed by atoms with E-state index < -0.39 is 36.1 Å². The van der Waals surface area contributed by atoms with Crippen LogP contribution in [0.5, 0.6) is 0 Å². The Morgan fingerprint density at radius 3 is 2.48 bits per heavy atom. The van der Waals surface area contributed by atoms with Crippen LogP contribution in [0.3, 0.4) is 0 Å². The van der Waals surface area contributed by atoms with Crippen molar-refractivity contribution in [3.05, 3.63) is 59.7 Å². The summed E-state index contributed by atoms with van der Waals surface area (Å²) in [6, 6.07) is 7.42. The smallest absolute Gasteiger partial charge is 0.340 e. The number of urea groups is 1. The summed E-state index contributed by atoms with van der Waals surface area (Å²) in [5.74, 6) is -3.20. The quantitative estimate of drug-likeness (QED) is 0.578. The first-order chi connectivity index (χ1) is 11.9. The number of hydrogen-bond acceptors (Lipinski definition) is 5. The maximum atomic E-state index is 13.4. The molecule has 7 nitrogen and oxygen atoms in total. The van der Waals surface area contributed by atoms with E-state index in [1.165, 1.54) is 18.2 Å². The molecule has 0 aliphatic rings. The predicted molar refractivity (Wildman–Crippen MR) is 84.7 cm³/mol. The Morgan fingerprint density at radius 1 is 1.08 bits per heavy atom. The molecule has 0 aromatic heterocycles. The van der Waals surface area contributed by atoms with E-state index >= 15 is 0 Å². The van der Waals surface area contributed by atoms with E-state index in [0.717, 1.165) is 24.3 Å². The third-order valence-corrected chi connectivity index (χ3v) is 2.94. The lowest BCUT2D eigenvalue weighted by Gasteiger charge is -2.09. The maximum absolute atomic E-state index is 13.4. The zero-order chi connectivity index (χ0) is 18.4. The number of carbonyl (C=O) groups is 3. The Labute approximate surface area is 140 Å². The first-order valence-electron chi connectivity index (χ1n) is 6.94. The molecule has 2 rings (SSSR count). The van der Waals surface area contributed by atoms with Crippen molar-refractivity contribution in [2.24, 2.45) is 0 Å². The van der Waals surface area contributed by atoms with Gasteiger partial charge in [0.05, 0.1) is 11.3 Å². The molecule has 0 bridgehead atoms. The third kappa shape index (κ3) is 4.99. The number of rotatable bonds is 4. The summed E-state index contributed by atoms with van der Waals surface area (Å²) >= 11 is 0. The van der Waals surface area contributed by atoms with Crippen LogP contribution in [0.2, 0.25) is 0 Å². The number of nitrogens with two attached hydrogens (primary N) is 1. The number of ether oxygens (including phenoxy) is 1. The molecule has 9 heteroatoms. The average molecular weight is 349 g/mol. The number of amides is 3. The lowest BCUT2D eigenvalue weighted by molar-refractivity contribution is -0.123. The largest absolute Gasteiger partial charge is 0.452 e. The molecule has 3 amide bonds. The summed E-state index contributed by atoms with van der Waals surface area (Å²) in [6.45, 7) is -0.777. The lowest BCUT2D eigenvalue weighted by atomic mass is 10.2. The highest BCUT2D eigenvalue weighted by Gasteiger charge is 2.15. The number of para-hydroxylation sites is 1. The number of anilines is 2. The molecule has 0 radical (unpaired) electrons. The second kappa shape index (κ2) is 7.86. The molecule has 4 N–H and O–H groups in total. The molecule has 0 saturated heterocycles. The van der Waals surface area contributed by atoms with Crippen LogP contribution >= 0.6 is 0 Å². The SMILES string of the molecule is Nc1cc(F)ccc1C(=O)OCC(=O)NC(=O)Nc1ccccc1F. The highest BCUT2D eigenvalue weighted by Crippen LogP contribution is 2.14. The van der Waals surface area contributed by atoms with Crippen molar-refractivity contribution in [2.45, 2.75) is 0 Å². The van der Waals surface area contributed by atoms with Crippen molar-refractivity contribution in [1.82, 2.24) is 5.32 Å². The Kier molecular flexibility index (Phi) is 5.62. The topological polar surface area (TPSA) is 111 Å². The highest BCUT2D eigenvalue weighted by atomic mass is 19.1. The van der Waals surface area contributed by atoms with Gasteiger partial charge in [-0.05, 0) is 30.3 Å². The van der Waals surface area contributed by atoms with Gasteiger partial charge in [-0.25, -0.2) is 18.4 Å².